The molecule has 0 aliphatic carbocycles. The van der Waals surface area contributed by atoms with E-state index in [1.165, 1.54) is 0 Å². The lowest BCUT2D eigenvalue weighted by atomic mass is 10.2. The molecule has 0 fully saturated rings. The predicted molar refractivity (Wildman–Crippen MR) is 97.3 cm³/mol. The van der Waals surface area contributed by atoms with Crippen molar-refractivity contribution in [1.29, 1.82) is 5.41 Å². The number of anilines is 1. The Labute approximate surface area is 150 Å². The molecule has 0 aliphatic rings. The van der Waals surface area contributed by atoms with Gasteiger partial charge >= 0.3 is 6.09 Å². The summed E-state index contributed by atoms with van der Waals surface area (Å²) in [6.45, 7) is -0.102. The van der Waals surface area contributed by atoms with Crippen molar-refractivity contribution in [3.63, 3.8) is 0 Å². The number of methoxy groups -OCH3 is 1. The zero-order valence-corrected chi connectivity index (χ0v) is 14.2. The van der Waals surface area contributed by atoms with E-state index in [0.717, 1.165) is 5.56 Å². The van der Waals surface area contributed by atoms with Gasteiger partial charge in [0.2, 0.25) is 0 Å². The summed E-state index contributed by atoms with van der Waals surface area (Å²) in [7, 11) is 1.57. The standard InChI is InChI=1S/C18H20N4O4/c1-25-15-4-2-3-12(9-15)10-21-16(23)11-26-18(24)22-14-7-5-13(6-8-14)17(19)20/h2-9H,10-11H2,1H3,(H3,19,20)(H,21,23)(H,22,24). The summed E-state index contributed by atoms with van der Waals surface area (Å²) in [5.41, 5.74) is 7.23. The van der Waals surface area contributed by atoms with Gasteiger partial charge in [0.05, 0.1) is 7.11 Å². The summed E-state index contributed by atoms with van der Waals surface area (Å²) in [6.07, 6.45) is -0.753. The van der Waals surface area contributed by atoms with Gasteiger partial charge in [-0.2, -0.15) is 0 Å². The average molecular weight is 356 g/mol. The topological polar surface area (TPSA) is 127 Å². The lowest BCUT2D eigenvalue weighted by molar-refractivity contribution is -0.124. The maximum atomic E-state index is 11.8. The zero-order chi connectivity index (χ0) is 18.9. The second-order valence-electron chi connectivity index (χ2n) is 5.32. The third-order valence-electron chi connectivity index (χ3n) is 3.40. The van der Waals surface area contributed by atoms with Crippen molar-refractivity contribution in [3.05, 3.63) is 59.7 Å². The molecule has 136 valence electrons. The van der Waals surface area contributed by atoms with E-state index in [1.54, 1.807) is 37.4 Å². The molecule has 0 saturated carbocycles. The van der Waals surface area contributed by atoms with Crippen molar-refractivity contribution in [2.45, 2.75) is 6.54 Å². The highest BCUT2D eigenvalue weighted by Gasteiger charge is 2.08. The Morgan fingerprint density at radius 2 is 1.88 bits per heavy atom. The first kappa shape index (κ1) is 18.8. The Morgan fingerprint density at radius 3 is 2.54 bits per heavy atom. The molecular weight excluding hydrogens is 336 g/mol. The molecule has 0 aliphatic heterocycles. The van der Waals surface area contributed by atoms with Crippen LogP contribution in [-0.2, 0) is 16.1 Å². The third kappa shape index (κ3) is 5.82. The first-order chi connectivity index (χ1) is 12.5. The molecule has 8 nitrogen and oxygen atoms in total. The fourth-order valence-electron chi connectivity index (χ4n) is 2.05. The summed E-state index contributed by atoms with van der Waals surface area (Å²) in [5.74, 6) is 0.213. The van der Waals surface area contributed by atoms with E-state index in [0.29, 0.717) is 23.5 Å². The van der Waals surface area contributed by atoms with E-state index < -0.39 is 18.6 Å². The summed E-state index contributed by atoms with van der Waals surface area (Å²) in [5, 5.41) is 12.4. The quantitative estimate of drug-likeness (QED) is 0.445. The van der Waals surface area contributed by atoms with Crippen LogP contribution in [0.1, 0.15) is 11.1 Å². The summed E-state index contributed by atoms with van der Waals surface area (Å²) in [4.78, 5) is 23.5. The molecule has 0 heterocycles. The first-order valence-corrected chi connectivity index (χ1v) is 7.76. The predicted octanol–water partition coefficient (Wildman–Crippen LogP) is 1.84. The monoisotopic (exact) mass is 356 g/mol. The maximum absolute atomic E-state index is 11.8. The molecule has 2 aromatic rings. The molecular formula is C18H20N4O4. The van der Waals surface area contributed by atoms with Crippen LogP contribution in [-0.4, -0.2) is 31.6 Å². The number of amides is 2. The Balaban J connectivity index is 1.74. The molecule has 8 heteroatoms. The highest BCUT2D eigenvalue weighted by Crippen LogP contribution is 2.12. The number of ether oxygens (including phenoxy) is 2. The van der Waals surface area contributed by atoms with Crippen molar-refractivity contribution in [2.75, 3.05) is 19.0 Å². The van der Waals surface area contributed by atoms with Gasteiger partial charge in [0, 0.05) is 17.8 Å². The van der Waals surface area contributed by atoms with E-state index in [-0.39, 0.29) is 5.84 Å². The van der Waals surface area contributed by atoms with Crippen LogP contribution >= 0.6 is 0 Å². The number of carbonyl (C=O) groups excluding carboxylic acids is 2. The molecule has 26 heavy (non-hydrogen) atoms. The third-order valence-corrected chi connectivity index (χ3v) is 3.40. The number of amidine groups is 1. The molecule has 0 bridgehead atoms. The van der Waals surface area contributed by atoms with Crippen LogP contribution in [0.4, 0.5) is 10.5 Å². The number of hydrogen-bond acceptors (Lipinski definition) is 5. The molecule has 2 amide bonds. The number of benzene rings is 2. The van der Waals surface area contributed by atoms with Crippen LogP contribution in [0.25, 0.3) is 0 Å². The Morgan fingerprint density at radius 1 is 1.15 bits per heavy atom. The minimum atomic E-state index is -0.753. The van der Waals surface area contributed by atoms with Gasteiger partial charge in [-0.25, -0.2) is 4.79 Å². The highest BCUT2D eigenvalue weighted by molar-refractivity contribution is 5.95. The molecule has 0 radical (unpaired) electrons. The second kappa shape index (κ2) is 9.07. The molecule has 5 N–H and O–H groups in total. The normalized spacial score (nSPS) is 9.88. The lowest BCUT2D eigenvalue weighted by Crippen LogP contribution is -2.29. The summed E-state index contributed by atoms with van der Waals surface area (Å²) >= 11 is 0. The molecule has 0 atom stereocenters. The second-order valence-corrected chi connectivity index (χ2v) is 5.32. The van der Waals surface area contributed by atoms with Crippen molar-refractivity contribution in [1.82, 2.24) is 5.32 Å². The van der Waals surface area contributed by atoms with Crippen molar-refractivity contribution in [3.8, 4) is 5.75 Å². The van der Waals surface area contributed by atoms with Gasteiger partial charge in [-0.05, 0) is 42.0 Å². The van der Waals surface area contributed by atoms with Crippen LogP contribution in [0.5, 0.6) is 5.75 Å². The van der Waals surface area contributed by atoms with Crippen molar-refractivity contribution < 1.29 is 19.1 Å². The fraction of sp³-hybridized carbons (Fsp3) is 0.167. The van der Waals surface area contributed by atoms with Gasteiger partial charge in [-0.3, -0.25) is 15.5 Å². The van der Waals surface area contributed by atoms with Crippen LogP contribution in [0.3, 0.4) is 0 Å². The Bertz CT molecular complexity index is 790. The number of rotatable bonds is 7. The Hall–Kier alpha value is -3.55. The summed E-state index contributed by atoms with van der Waals surface area (Å²) in [6, 6.07) is 13.6. The highest BCUT2D eigenvalue weighted by atomic mass is 16.6. The average Bonchev–Trinajstić information content (AvgIpc) is 2.65. The molecule has 2 rings (SSSR count). The van der Waals surface area contributed by atoms with E-state index in [2.05, 4.69) is 10.6 Å². The number of nitrogens with one attached hydrogen (secondary N) is 3. The summed E-state index contributed by atoms with van der Waals surface area (Å²) < 4.78 is 9.97. The van der Waals surface area contributed by atoms with Gasteiger partial charge in [-0.1, -0.05) is 12.1 Å². The van der Waals surface area contributed by atoms with Gasteiger partial charge in [-0.15, -0.1) is 0 Å². The van der Waals surface area contributed by atoms with Crippen molar-refractivity contribution >= 4 is 23.5 Å². The molecule has 0 saturated heterocycles. The van der Waals surface area contributed by atoms with Crippen molar-refractivity contribution in [2.24, 2.45) is 5.73 Å². The smallest absolute Gasteiger partial charge is 0.412 e. The van der Waals surface area contributed by atoms with Gasteiger partial charge in [0.15, 0.2) is 6.61 Å². The minimum absolute atomic E-state index is 0.0631. The van der Waals surface area contributed by atoms with E-state index in [4.69, 9.17) is 20.6 Å². The van der Waals surface area contributed by atoms with Gasteiger partial charge in [0.1, 0.15) is 11.6 Å². The first-order valence-electron chi connectivity index (χ1n) is 7.76. The zero-order valence-electron chi connectivity index (χ0n) is 14.2. The minimum Gasteiger partial charge on any atom is -0.497 e. The molecule has 2 aromatic carbocycles. The largest absolute Gasteiger partial charge is 0.497 e. The molecule has 0 aromatic heterocycles. The van der Waals surface area contributed by atoms with Gasteiger partial charge < -0.3 is 20.5 Å². The number of carbonyl (C=O) groups is 2. The van der Waals surface area contributed by atoms with E-state index in [9.17, 15) is 9.59 Å². The maximum Gasteiger partial charge on any atom is 0.412 e. The fourth-order valence-corrected chi connectivity index (χ4v) is 2.05. The molecule has 0 spiro atoms. The number of nitrogens with two attached hydrogens (primary N) is 1. The Kier molecular flexibility index (Phi) is 6.55. The van der Waals surface area contributed by atoms with Crippen LogP contribution < -0.4 is 21.1 Å². The van der Waals surface area contributed by atoms with Crippen LogP contribution in [0.2, 0.25) is 0 Å². The van der Waals surface area contributed by atoms with Gasteiger partial charge in [0.25, 0.3) is 5.91 Å². The van der Waals surface area contributed by atoms with Crippen LogP contribution in [0, 0.1) is 5.41 Å². The SMILES string of the molecule is COc1cccc(CNC(=O)COC(=O)Nc2ccc(C(=N)N)cc2)c1. The van der Waals surface area contributed by atoms with E-state index >= 15 is 0 Å². The van der Waals surface area contributed by atoms with Crippen LogP contribution in [0.15, 0.2) is 48.5 Å². The molecule has 0 unspecified atom stereocenters. The number of nitrogen functional groups attached to an aromatic ring is 1. The van der Waals surface area contributed by atoms with E-state index in [1.807, 2.05) is 18.2 Å². The lowest BCUT2D eigenvalue weighted by Gasteiger charge is -2.09. The number of hydrogen-bond donors (Lipinski definition) is 4.